The van der Waals surface area contributed by atoms with Gasteiger partial charge in [0.25, 0.3) is 5.91 Å². The lowest BCUT2D eigenvalue weighted by Gasteiger charge is -2.16. The van der Waals surface area contributed by atoms with E-state index < -0.39 is 10.0 Å². The smallest absolute Gasteiger partial charge is 0.262 e. The van der Waals surface area contributed by atoms with E-state index in [9.17, 15) is 13.2 Å². The number of rotatable bonds is 10. The molecule has 30 heavy (non-hydrogen) atoms. The van der Waals surface area contributed by atoms with Crippen molar-refractivity contribution in [3.8, 4) is 5.75 Å². The molecule has 0 unspecified atom stereocenters. The van der Waals surface area contributed by atoms with E-state index in [-0.39, 0.29) is 28.2 Å². The Balaban J connectivity index is 2.09. The van der Waals surface area contributed by atoms with Crippen molar-refractivity contribution in [2.24, 2.45) is 0 Å². The van der Waals surface area contributed by atoms with E-state index in [1.165, 1.54) is 18.2 Å². The van der Waals surface area contributed by atoms with Crippen molar-refractivity contribution in [3.05, 3.63) is 51.0 Å². The maximum Gasteiger partial charge on any atom is 0.262 e. The second-order valence-electron chi connectivity index (χ2n) is 6.63. The van der Waals surface area contributed by atoms with E-state index >= 15 is 0 Å². The number of benzene rings is 2. The van der Waals surface area contributed by atoms with Crippen molar-refractivity contribution in [3.63, 3.8) is 0 Å². The number of amides is 1. The van der Waals surface area contributed by atoms with Crippen LogP contribution in [0.15, 0.2) is 39.7 Å². The average molecular weight is 518 g/mol. The van der Waals surface area contributed by atoms with Crippen molar-refractivity contribution >= 4 is 49.1 Å². The van der Waals surface area contributed by atoms with Gasteiger partial charge in [0.15, 0.2) is 6.61 Å². The molecule has 2 N–H and O–H groups in total. The van der Waals surface area contributed by atoms with Gasteiger partial charge in [0.2, 0.25) is 10.0 Å². The average Bonchev–Trinajstić information content (AvgIpc) is 2.72. The zero-order chi connectivity index (χ0) is 22.3. The molecule has 0 bridgehead atoms. The first-order valence-electron chi connectivity index (χ1n) is 9.74. The van der Waals surface area contributed by atoms with Crippen LogP contribution in [0.1, 0.15) is 38.3 Å². The first-order valence-corrected chi connectivity index (χ1v) is 12.4. The first kappa shape index (κ1) is 24.7. The van der Waals surface area contributed by atoms with Crippen molar-refractivity contribution in [1.82, 2.24) is 4.72 Å². The molecule has 0 aromatic heterocycles. The summed E-state index contributed by atoms with van der Waals surface area (Å²) < 4.78 is 33.4. The largest absolute Gasteiger partial charge is 0.482 e. The van der Waals surface area contributed by atoms with Crippen molar-refractivity contribution in [2.45, 2.75) is 44.9 Å². The number of nitrogens with one attached hydrogen (secondary N) is 2. The highest BCUT2D eigenvalue weighted by atomic mass is 79.9. The maximum absolute atomic E-state index is 12.5. The molecule has 0 saturated heterocycles. The molecule has 6 nitrogen and oxygen atoms in total. The lowest BCUT2D eigenvalue weighted by atomic mass is 10.0. The number of carbonyl (C=O) groups excluding carboxylic acids is 1. The summed E-state index contributed by atoms with van der Waals surface area (Å²) in [5.41, 5.74) is 2.86. The van der Waals surface area contributed by atoms with Crippen LogP contribution < -0.4 is 14.8 Å². The summed E-state index contributed by atoms with van der Waals surface area (Å²) in [6.45, 7) is 6.02. The van der Waals surface area contributed by atoms with Crippen LogP contribution in [0, 0.1) is 0 Å². The minimum atomic E-state index is -3.63. The van der Waals surface area contributed by atoms with Crippen LogP contribution in [0.3, 0.4) is 0 Å². The standard InChI is InChI=1S/C21H26BrClN2O4S/c1-4-9-24-30(27,28)17-7-8-19(18(23)12-17)29-13-20(26)25-21-14(5-2)10-16(22)11-15(21)6-3/h7-8,10-12,24H,4-6,9,13H2,1-3H3,(H,25,26). The minimum absolute atomic E-state index is 0.0489. The lowest BCUT2D eigenvalue weighted by molar-refractivity contribution is -0.118. The summed E-state index contributed by atoms with van der Waals surface area (Å²) in [6, 6.07) is 8.13. The van der Waals surface area contributed by atoms with E-state index in [1.54, 1.807) is 0 Å². The van der Waals surface area contributed by atoms with Gasteiger partial charge in [-0.15, -0.1) is 0 Å². The van der Waals surface area contributed by atoms with Crippen LogP contribution in [-0.2, 0) is 27.7 Å². The fourth-order valence-electron chi connectivity index (χ4n) is 2.85. The van der Waals surface area contributed by atoms with Gasteiger partial charge >= 0.3 is 0 Å². The normalized spacial score (nSPS) is 11.4. The van der Waals surface area contributed by atoms with Crippen LogP contribution in [0.25, 0.3) is 0 Å². The predicted octanol–water partition coefficient (Wildman–Crippen LogP) is 4.93. The van der Waals surface area contributed by atoms with Gasteiger partial charge in [-0.05, 0) is 60.7 Å². The van der Waals surface area contributed by atoms with Crippen LogP contribution in [0.4, 0.5) is 5.69 Å². The van der Waals surface area contributed by atoms with E-state index in [1.807, 2.05) is 32.9 Å². The Morgan fingerprint density at radius 2 is 1.73 bits per heavy atom. The van der Waals surface area contributed by atoms with Gasteiger partial charge in [-0.2, -0.15) is 0 Å². The van der Waals surface area contributed by atoms with E-state index in [0.717, 1.165) is 34.1 Å². The quantitative estimate of drug-likeness (QED) is 0.468. The van der Waals surface area contributed by atoms with E-state index in [4.69, 9.17) is 16.3 Å². The predicted molar refractivity (Wildman–Crippen MR) is 124 cm³/mol. The summed E-state index contributed by atoms with van der Waals surface area (Å²) in [5.74, 6) is -0.0809. The maximum atomic E-state index is 12.5. The third-order valence-electron chi connectivity index (χ3n) is 4.41. The Labute approximate surface area is 191 Å². The molecule has 2 aromatic rings. The zero-order valence-corrected chi connectivity index (χ0v) is 20.4. The minimum Gasteiger partial charge on any atom is -0.482 e. The van der Waals surface area contributed by atoms with Gasteiger partial charge in [0.1, 0.15) is 5.75 Å². The Morgan fingerprint density at radius 1 is 1.10 bits per heavy atom. The summed E-state index contributed by atoms with van der Waals surface area (Å²) in [4.78, 5) is 12.5. The van der Waals surface area contributed by atoms with Gasteiger partial charge < -0.3 is 10.1 Å². The van der Waals surface area contributed by atoms with Crippen LogP contribution in [0.5, 0.6) is 5.75 Å². The van der Waals surface area contributed by atoms with E-state index in [2.05, 4.69) is 26.0 Å². The Hall–Kier alpha value is -1.61. The fraction of sp³-hybridized carbons (Fsp3) is 0.381. The molecule has 0 heterocycles. The number of carbonyl (C=O) groups is 1. The SMILES string of the molecule is CCCNS(=O)(=O)c1ccc(OCC(=O)Nc2c(CC)cc(Br)cc2CC)c(Cl)c1. The third kappa shape index (κ3) is 6.44. The molecule has 1 amide bonds. The molecule has 2 aromatic carbocycles. The summed E-state index contributed by atoms with van der Waals surface area (Å²) >= 11 is 9.67. The number of anilines is 1. The summed E-state index contributed by atoms with van der Waals surface area (Å²) in [6.07, 6.45) is 2.23. The topological polar surface area (TPSA) is 84.5 Å². The molecule has 0 aliphatic heterocycles. The summed E-state index contributed by atoms with van der Waals surface area (Å²) in [5, 5.41) is 3.04. The third-order valence-corrected chi connectivity index (χ3v) is 6.62. The lowest BCUT2D eigenvalue weighted by Crippen LogP contribution is -2.24. The zero-order valence-electron chi connectivity index (χ0n) is 17.2. The molecule has 9 heteroatoms. The van der Waals surface area contributed by atoms with Gasteiger partial charge in [-0.25, -0.2) is 13.1 Å². The fourth-order valence-corrected chi connectivity index (χ4v) is 4.86. The molecule has 164 valence electrons. The Bertz CT molecular complexity index is 987. The molecule has 0 aliphatic carbocycles. The van der Waals surface area contributed by atoms with Crippen LogP contribution in [0.2, 0.25) is 5.02 Å². The molecule has 0 fully saturated rings. The Morgan fingerprint density at radius 3 is 2.27 bits per heavy atom. The van der Waals surface area contributed by atoms with Gasteiger partial charge in [0, 0.05) is 16.7 Å². The second-order valence-corrected chi connectivity index (χ2v) is 9.72. The van der Waals surface area contributed by atoms with Gasteiger partial charge in [0.05, 0.1) is 9.92 Å². The highest BCUT2D eigenvalue weighted by Gasteiger charge is 2.17. The molecule has 0 spiro atoms. The number of aryl methyl sites for hydroxylation is 2. The van der Waals surface area contributed by atoms with Crippen molar-refractivity contribution in [2.75, 3.05) is 18.5 Å². The molecule has 0 atom stereocenters. The van der Waals surface area contributed by atoms with E-state index in [0.29, 0.717) is 13.0 Å². The second kappa shape index (κ2) is 11.1. The number of ether oxygens (including phenoxy) is 1. The molecule has 0 aliphatic rings. The molecule has 2 rings (SSSR count). The molecular formula is C21H26BrClN2O4S. The van der Waals surface area contributed by atoms with Crippen LogP contribution in [-0.4, -0.2) is 27.5 Å². The van der Waals surface area contributed by atoms with Crippen molar-refractivity contribution < 1.29 is 17.9 Å². The molecular weight excluding hydrogens is 492 g/mol. The summed E-state index contributed by atoms with van der Waals surface area (Å²) in [7, 11) is -3.63. The first-order chi connectivity index (χ1) is 14.2. The Kier molecular flexibility index (Phi) is 9.15. The molecule has 0 saturated carbocycles. The highest BCUT2D eigenvalue weighted by molar-refractivity contribution is 9.10. The van der Waals surface area contributed by atoms with Gasteiger partial charge in [-0.3, -0.25) is 4.79 Å². The number of sulfonamides is 1. The number of hydrogen-bond donors (Lipinski definition) is 2. The monoisotopic (exact) mass is 516 g/mol. The highest BCUT2D eigenvalue weighted by Crippen LogP contribution is 2.29. The van der Waals surface area contributed by atoms with Crippen molar-refractivity contribution in [1.29, 1.82) is 0 Å². The molecule has 0 radical (unpaired) electrons. The number of hydrogen-bond acceptors (Lipinski definition) is 4. The van der Waals surface area contributed by atoms with Gasteiger partial charge in [-0.1, -0.05) is 48.3 Å². The number of halogens is 2. The van der Waals surface area contributed by atoms with Crippen LogP contribution >= 0.6 is 27.5 Å².